The molecule has 0 aliphatic carbocycles. The topological polar surface area (TPSA) is 108 Å². The summed E-state index contributed by atoms with van der Waals surface area (Å²) in [5, 5.41) is 9.67. The monoisotopic (exact) mass is 993 g/mol. The number of ether oxygens (including phenoxy) is 4. The van der Waals surface area contributed by atoms with Crippen molar-refractivity contribution in [2.75, 3.05) is 47.5 Å². The van der Waals surface area contributed by atoms with Gasteiger partial charge >= 0.3 is 17.9 Å². The number of nitrogens with zero attached hydrogens (tertiary/aromatic N) is 1. The summed E-state index contributed by atoms with van der Waals surface area (Å²) in [6, 6.07) is 0. The molecule has 0 aliphatic heterocycles. The lowest BCUT2D eigenvalue weighted by molar-refractivity contribution is -0.870. The van der Waals surface area contributed by atoms with E-state index >= 15 is 0 Å². The number of hydrogen-bond donors (Lipinski definition) is 1. The highest BCUT2D eigenvalue weighted by molar-refractivity contribution is 5.71. The van der Waals surface area contributed by atoms with Gasteiger partial charge in [0, 0.05) is 12.8 Å². The minimum Gasteiger partial charge on any atom is -0.477 e. The third-order valence-electron chi connectivity index (χ3n) is 13.8. The number of carboxylic acids is 1. The van der Waals surface area contributed by atoms with Gasteiger partial charge in [0.25, 0.3) is 6.29 Å². The second-order valence-corrected chi connectivity index (χ2v) is 22.0. The van der Waals surface area contributed by atoms with Crippen LogP contribution >= 0.6 is 0 Å². The highest BCUT2D eigenvalue weighted by Gasteiger charge is 2.25. The molecule has 0 bridgehead atoms. The van der Waals surface area contributed by atoms with Crippen LogP contribution in [0.15, 0.2) is 12.2 Å². The molecule has 2 atom stereocenters. The molecular weight excluding hydrogens is 875 g/mol. The Bertz CT molecular complexity index is 1150. The Hall–Kier alpha value is -1.97. The molecule has 1 N–H and O–H groups in total. The first-order valence-corrected chi connectivity index (χ1v) is 30.4. The zero-order valence-electron chi connectivity index (χ0n) is 47.2. The van der Waals surface area contributed by atoms with Crippen LogP contribution in [0.2, 0.25) is 0 Å². The van der Waals surface area contributed by atoms with Crippen molar-refractivity contribution < 1.29 is 42.9 Å². The van der Waals surface area contributed by atoms with Crippen LogP contribution in [-0.4, -0.2) is 87.4 Å². The quantitative estimate of drug-likeness (QED) is 0.0211. The van der Waals surface area contributed by atoms with Crippen LogP contribution in [0.25, 0.3) is 0 Å². The number of hydrogen-bond acceptors (Lipinski definition) is 7. The Morgan fingerprint density at radius 3 is 1.06 bits per heavy atom. The van der Waals surface area contributed by atoms with E-state index in [1.807, 2.05) is 21.1 Å². The average Bonchev–Trinajstić information content (AvgIpc) is 3.33. The van der Waals surface area contributed by atoms with Gasteiger partial charge < -0.3 is 28.5 Å². The molecule has 0 aromatic rings. The van der Waals surface area contributed by atoms with Crippen LogP contribution in [0.1, 0.15) is 303 Å². The number of likely N-dealkylation sites (N-methyl/N-ethyl adjacent to an activating group) is 1. The molecule has 0 rings (SSSR count). The van der Waals surface area contributed by atoms with Gasteiger partial charge in [0.2, 0.25) is 0 Å². The fourth-order valence-electron chi connectivity index (χ4n) is 9.07. The summed E-state index contributed by atoms with van der Waals surface area (Å²) in [5.41, 5.74) is 0. The van der Waals surface area contributed by atoms with Crippen LogP contribution in [0.3, 0.4) is 0 Å². The first kappa shape index (κ1) is 68.0. The first-order chi connectivity index (χ1) is 34.1. The standard InChI is InChI=1S/C61H117NO8/c1-6-8-10-12-14-16-18-19-20-21-22-23-24-25-26-27-28-29-30-31-32-33-34-35-36-37-38-39-40-41-42-44-46-48-50-52-59(64)70-57(56-69-61(60(65)66)67-54-53-62(3,4)5)55-68-58(63)51-49-47-45-43-17-15-13-11-9-7-2/h21-22,57,61H,6-20,23-56H2,1-5H3/p+1/b22-21-. The molecule has 0 aromatic heterocycles. The number of carbonyl (C=O) groups is 3. The van der Waals surface area contributed by atoms with Gasteiger partial charge in [-0.05, 0) is 38.5 Å². The summed E-state index contributed by atoms with van der Waals surface area (Å²) in [5.74, 6) is -1.98. The van der Waals surface area contributed by atoms with E-state index < -0.39 is 18.4 Å². The number of carbonyl (C=O) groups excluding carboxylic acids is 2. The molecule has 0 aliphatic rings. The number of allylic oxidation sites excluding steroid dienone is 2. The maximum absolute atomic E-state index is 12.8. The Morgan fingerprint density at radius 1 is 0.414 bits per heavy atom. The zero-order valence-corrected chi connectivity index (χ0v) is 47.2. The smallest absolute Gasteiger partial charge is 0.361 e. The number of esters is 2. The van der Waals surface area contributed by atoms with E-state index in [9.17, 15) is 19.5 Å². The average molecular weight is 994 g/mol. The lowest BCUT2D eigenvalue weighted by Gasteiger charge is -2.25. The maximum atomic E-state index is 12.8. The van der Waals surface area contributed by atoms with E-state index in [2.05, 4.69) is 26.0 Å². The molecule has 0 spiro atoms. The first-order valence-electron chi connectivity index (χ1n) is 30.4. The van der Waals surface area contributed by atoms with Crippen LogP contribution in [0.5, 0.6) is 0 Å². The normalized spacial score (nSPS) is 12.8. The number of aliphatic carboxylic acids is 1. The fraction of sp³-hybridized carbons (Fsp3) is 0.918. The molecule has 414 valence electrons. The summed E-state index contributed by atoms with van der Waals surface area (Å²) in [6.07, 6.45) is 59.0. The molecule has 0 heterocycles. The van der Waals surface area contributed by atoms with Crippen molar-refractivity contribution in [2.45, 2.75) is 315 Å². The molecule has 2 unspecified atom stereocenters. The predicted octanol–water partition coefficient (Wildman–Crippen LogP) is 17.7. The van der Waals surface area contributed by atoms with E-state index in [1.165, 1.54) is 238 Å². The molecule has 9 nitrogen and oxygen atoms in total. The second kappa shape index (κ2) is 53.3. The number of rotatable bonds is 57. The largest absolute Gasteiger partial charge is 0.477 e. The number of unbranched alkanes of at least 4 members (excludes halogenated alkanes) is 40. The summed E-state index contributed by atoms with van der Waals surface area (Å²) in [6.45, 7) is 4.90. The van der Waals surface area contributed by atoms with Gasteiger partial charge in [-0.25, -0.2) is 4.79 Å². The van der Waals surface area contributed by atoms with Gasteiger partial charge in [-0.3, -0.25) is 9.59 Å². The minimum atomic E-state index is -1.50. The van der Waals surface area contributed by atoms with Crippen LogP contribution < -0.4 is 0 Å². The molecule has 0 fully saturated rings. The Balaban J connectivity index is 3.92. The minimum absolute atomic E-state index is 0.174. The van der Waals surface area contributed by atoms with E-state index in [0.717, 1.165) is 38.5 Å². The van der Waals surface area contributed by atoms with Gasteiger partial charge in [-0.2, -0.15) is 0 Å². The van der Waals surface area contributed by atoms with Crippen molar-refractivity contribution >= 4 is 17.9 Å². The highest BCUT2D eigenvalue weighted by Crippen LogP contribution is 2.18. The second-order valence-electron chi connectivity index (χ2n) is 22.0. The van der Waals surface area contributed by atoms with Crippen molar-refractivity contribution in [3.63, 3.8) is 0 Å². The third-order valence-corrected chi connectivity index (χ3v) is 13.8. The summed E-state index contributed by atoms with van der Waals surface area (Å²) in [7, 11) is 5.97. The fourth-order valence-corrected chi connectivity index (χ4v) is 9.07. The summed E-state index contributed by atoms with van der Waals surface area (Å²) < 4.78 is 22.8. The number of carboxylic acid groups (broad SMARTS) is 1. The summed E-state index contributed by atoms with van der Waals surface area (Å²) in [4.78, 5) is 37.2. The third kappa shape index (κ3) is 53.8. The number of quaternary nitrogens is 1. The van der Waals surface area contributed by atoms with E-state index in [4.69, 9.17) is 18.9 Å². The van der Waals surface area contributed by atoms with Gasteiger partial charge in [-0.15, -0.1) is 0 Å². The van der Waals surface area contributed by atoms with Crippen molar-refractivity contribution in [1.82, 2.24) is 0 Å². The van der Waals surface area contributed by atoms with Crippen molar-refractivity contribution in [3.05, 3.63) is 12.2 Å². The molecule has 0 radical (unpaired) electrons. The molecule has 0 saturated carbocycles. The van der Waals surface area contributed by atoms with E-state index in [1.54, 1.807) is 0 Å². The zero-order chi connectivity index (χ0) is 51.3. The van der Waals surface area contributed by atoms with Gasteiger partial charge in [-0.1, -0.05) is 264 Å². The van der Waals surface area contributed by atoms with Gasteiger partial charge in [0.1, 0.15) is 13.2 Å². The Kier molecular flexibility index (Phi) is 51.8. The van der Waals surface area contributed by atoms with Gasteiger partial charge in [0.05, 0.1) is 34.4 Å². The SMILES string of the molecule is CCCCCCCCCC/C=C\CCCCCCCCCCCCCCCCCCCCCCCCCC(=O)OC(COC(=O)CCCCCCCCCCCC)COC(OCC[N+](C)(C)C)C(=O)O. The Morgan fingerprint density at radius 2 is 0.729 bits per heavy atom. The Labute approximate surface area is 434 Å². The molecule has 70 heavy (non-hydrogen) atoms. The molecule has 9 heteroatoms. The van der Waals surface area contributed by atoms with Gasteiger partial charge in [0.15, 0.2) is 6.10 Å². The molecule has 0 aromatic carbocycles. The molecular formula is C61H118NO8+. The van der Waals surface area contributed by atoms with Crippen LogP contribution in [0, 0.1) is 0 Å². The van der Waals surface area contributed by atoms with Crippen molar-refractivity contribution in [2.24, 2.45) is 0 Å². The molecule has 0 amide bonds. The molecule has 0 saturated heterocycles. The van der Waals surface area contributed by atoms with Crippen molar-refractivity contribution in [3.8, 4) is 0 Å². The van der Waals surface area contributed by atoms with Crippen LogP contribution in [0.4, 0.5) is 0 Å². The van der Waals surface area contributed by atoms with E-state index in [0.29, 0.717) is 17.4 Å². The lowest BCUT2D eigenvalue weighted by atomic mass is 10.0. The maximum Gasteiger partial charge on any atom is 0.361 e. The highest BCUT2D eigenvalue weighted by atomic mass is 16.7. The van der Waals surface area contributed by atoms with Crippen LogP contribution in [-0.2, 0) is 33.3 Å². The van der Waals surface area contributed by atoms with E-state index in [-0.39, 0.29) is 38.2 Å². The lowest BCUT2D eigenvalue weighted by Crippen LogP contribution is -2.40. The summed E-state index contributed by atoms with van der Waals surface area (Å²) >= 11 is 0. The predicted molar refractivity (Wildman–Crippen MR) is 295 cm³/mol. The van der Waals surface area contributed by atoms with Crippen molar-refractivity contribution in [1.29, 1.82) is 0 Å².